The third-order valence-corrected chi connectivity index (χ3v) is 4.01. The molecule has 1 aromatic carbocycles. The van der Waals surface area contributed by atoms with Crippen LogP contribution in [0.15, 0.2) is 18.2 Å². The fourth-order valence-electron chi connectivity index (χ4n) is 2.56. The Kier molecular flexibility index (Phi) is 4.32. The predicted octanol–water partition coefficient (Wildman–Crippen LogP) is 2.57. The van der Waals surface area contributed by atoms with E-state index in [0.29, 0.717) is 11.1 Å². The number of carboxylic acids is 1. The van der Waals surface area contributed by atoms with Crippen LogP contribution in [0.2, 0.25) is 5.02 Å². The van der Waals surface area contributed by atoms with E-state index in [1.54, 1.807) is 6.07 Å². The number of likely N-dealkylation sites (N-methyl/N-ethyl adjacent to an activating group) is 1. The van der Waals surface area contributed by atoms with Crippen LogP contribution in [0.1, 0.15) is 23.7 Å². The highest BCUT2D eigenvalue weighted by Crippen LogP contribution is 2.27. The van der Waals surface area contributed by atoms with E-state index in [1.165, 1.54) is 6.07 Å². The topological polar surface area (TPSA) is 43.8 Å². The van der Waals surface area contributed by atoms with Gasteiger partial charge in [0.2, 0.25) is 0 Å². The molecular formula is C14H19ClN2O2. The van der Waals surface area contributed by atoms with E-state index < -0.39 is 5.97 Å². The summed E-state index contributed by atoms with van der Waals surface area (Å²) in [6.45, 7) is 4.80. The number of piperazine rings is 1. The Morgan fingerprint density at radius 3 is 2.84 bits per heavy atom. The number of anilines is 1. The molecular weight excluding hydrogens is 264 g/mol. The van der Waals surface area contributed by atoms with E-state index >= 15 is 0 Å². The van der Waals surface area contributed by atoms with Gasteiger partial charge in [-0.2, -0.15) is 0 Å². The molecule has 1 heterocycles. The first-order chi connectivity index (χ1) is 9.02. The molecule has 1 unspecified atom stereocenters. The van der Waals surface area contributed by atoms with Crippen LogP contribution in [0.25, 0.3) is 0 Å². The molecule has 0 aromatic heterocycles. The van der Waals surface area contributed by atoms with Gasteiger partial charge in [-0.3, -0.25) is 4.90 Å². The first-order valence-electron chi connectivity index (χ1n) is 6.51. The maximum atomic E-state index is 11.3. The molecule has 19 heavy (non-hydrogen) atoms. The van der Waals surface area contributed by atoms with Gasteiger partial charge in [0.15, 0.2) is 0 Å². The summed E-state index contributed by atoms with van der Waals surface area (Å²) in [4.78, 5) is 15.8. The van der Waals surface area contributed by atoms with Crippen molar-refractivity contribution in [3.8, 4) is 0 Å². The normalized spacial score (nSPS) is 20.6. The summed E-state index contributed by atoms with van der Waals surface area (Å²) in [6.07, 6.45) is 1.06. The molecule has 1 N–H and O–H groups in total. The molecule has 5 heteroatoms. The van der Waals surface area contributed by atoms with E-state index in [0.717, 1.165) is 31.7 Å². The van der Waals surface area contributed by atoms with Gasteiger partial charge in [-0.1, -0.05) is 18.5 Å². The second-order valence-electron chi connectivity index (χ2n) is 4.96. The van der Waals surface area contributed by atoms with Gasteiger partial charge in [-0.15, -0.1) is 0 Å². The summed E-state index contributed by atoms with van der Waals surface area (Å²) in [5, 5.41) is 9.76. The van der Waals surface area contributed by atoms with E-state index in [4.69, 9.17) is 11.6 Å². The molecule has 0 spiro atoms. The molecule has 0 saturated carbocycles. The van der Waals surface area contributed by atoms with Gasteiger partial charge in [0, 0.05) is 30.7 Å². The lowest BCUT2D eigenvalue weighted by atomic mass is 10.1. The van der Waals surface area contributed by atoms with Crippen molar-refractivity contribution in [2.24, 2.45) is 0 Å². The molecule has 1 atom stereocenters. The van der Waals surface area contributed by atoms with Crippen LogP contribution in [0.5, 0.6) is 0 Å². The highest BCUT2D eigenvalue weighted by molar-refractivity contribution is 6.31. The molecule has 1 saturated heterocycles. The SMILES string of the molecule is CCC1CN(c2ccc(Cl)cc2C(=O)O)CCN1C. The Morgan fingerprint density at radius 1 is 1.47 bits per heavy atom. The number of hydrogen-bond donors (Lipinski definition) is 1. The van der Waals surface area contributed by atoms with Crippen molar-refractivity contribution in [1.29, 1.82) is 0 Å². The third kappa shape index (κ3) is 3.01. The quantitative estimate of drug-likeness (QED) is 0.925. The zero-order chi connectivity index (χ0) is 14.0. The van der Waals surface area contributed by atoms with Crippen molar-refractivity contribution in [3.63, 3.8) is 0 Å². The van der Waals surface area contributed by atoms with E-state index in [-0.39, 0.29) is 5.56 Å². The van der Waals surface area contributed by atoms with Gasteiger partial charge < -0.3 is 10.0 Å². The van der Waals surface area contributed by atoms with Crippen molar-refractivity contribution in [2.75, 3.05) is 31.6 Å². The zero-order valence-corrected chi connectivity index (χ0v) is 12.0. The number of carbonyl (C=O) groups is 1. The van der Waals surface area contributed by atoms with Gasteiger partial charge in [-0.25, -0.2) is 4.79 Å². The number of nitrogens with zero attached hydrogens (tertiary/aromatic N) is 2. The van der Waals surface area contributed by atoms with Crippen molar-refractivity contribution in [2.45, 2.75) is 19.4 Å². The summed E-state index contributed by atoms with van der Waals surface area (Å²) in [6, 6.07) is 5.55. The number of hydrogen-bond acceptors (Lipinski definition) is 3. The number of aromatic carboxylic acids is 1. The molecule has 1 aliphatic heterocycles. The molecule has 0 bridgehead atoms. The molecule has 0 radical (unpaired) electrons. The molecule has 1 fully saturated rings. The Hall–Kier alpha value is -1.26. The second kappa shape index (κ2) is 5.80. The standard InChI is InChI=1S/C14H19ClN2O2/c1-3-11-9-17(7-6-16(11)2)13-5-4-10(15)8-12(13)14(18)19/h4-5,8,11H,3,6-7,9H2,1-2H3,(H,18,19). The van der Waals surface area contributed by atoms with Gasteiger partial charge in [-0.05, 0) is 31.7 Å². The van der Waals surface area contributed by atoms with Crippen LogP contribution in [0, 0.1) is 0 Å². The molecule has 0 aliphatic carbocycles. The summed E-state index contributed by atoms with van der Waals surface area (Å²) < 4.78 is 0. The summed E-state index contributed by atoms with van der Waals surface area (Å²) in [7, 11) is 2.12. The average molecular weight is 283 g/mol. The molecule has 104 valence electrons. The first-order valence-corrected chi connectivity index (χ1v) is 6.88. The van der Waals surface area contributed by atoms with E-state index in [1.807, 2.05) is 6.07 Å². The van der Waals surface area contributed by atoms with Crippen LogP contribution in [0.3, 0.4) is 0 Å². The van der Waals surface area contributed by atoms with Crippen LogP contribution in [0.4, 0.5) is 5.69 Å². The zero-order valence-electron chi connectivity index (χ0n) is 11.3. The van der Waals surface area contributed by atoms with Gasteiger partial charge in [0.05, 0.1) is 11.3 Å². The van der Waals surface area contributed by atoms with Crippen molar-refractivity contribution in [1.82, 2.24) is 4.90 Å². The number of halogens is 1. The maximum Gasteiger partial charge on any atom is 0.337 e. The minimum atomic E-state index is -0.926. The van der Waals surface area contributed by atoms with Crippen LogP contribution >= 0.6 is 11.6 Å². The fourth-order valence-corrected chi connectivity index (χ4v) is 2.73. The summed E-state index contributed by atoms with van der Waals surface area (Å²) in [5.41, 5.74) is 1.05. The smallest absolute Gasteiger partial charge is 0.337 e. The molecule has 4 nitrogen and oxygen atoms in total. The third-order valence-electron chi connectivity index (χ3n) is 3.78. The highest BCUT2D eigenvalue weighted by Gasteiger charge is 2.25. The summed E-state index contributed by atoms with van der Waals surface area (Å²) >= 11 is 5.89. The van der Waals surface area contributed by atoms with Crippen LogP contribution in [-0.4, -0.2) is 48.7 Å². The molecule has 0 amide bonds. The lowest BCUT2D eigenvalue weighted by Crippen LogP contribution is -2.51. The largest absolute Gasteiger partial charge is 0.478 e. The Bertz CT molecular complexity index is 479. The van der Waals surface area contributed by atoms with E-state index in [9.17, 15) is 9.90 Å². The molecule has 1 aliphatic rings. The van der Waals surface area contributed by atoms with Gasteiger partial charge in [0.1, 0.15) is 0 Å². The minimum Gasteiger partial charge on any atom is -0.478 e. The minimum absolute atomic E-state index is 0.284. The Labute approximate surface area is 118 Å². The van der Waals surface area contributed by atoms with Gasteiger partial charge >= 0.3 is 5.97 Å². The Morgan fingerprint density at radius 2 is 2.21 bits per heavy atom. The van der Waals surface area contributed by atoms with Crippen LogP contribution in [-0.2, 0) is 0 Å². The number of carboxylic acid groups (broad SMARTS) is 1. The lowest BCUT2D eigenvalue weighted by Gasteiger charge is -2.40. The second-order valence-corrected chi connectivity index (χ2v) is 5.39. The lowest BCUT2D eigenvalue weighted by molar-refractivity contribution is 0.0697. The monoisotopic (exact) mass is 282 g/mol. The molecule has 2 rings (SSSR count). The molecule has 1 aromatic rings. The predicted molar refractivity (Wildman–Crippen MR) is 77.3 cm³/mol. The van der Waals surface area contributed by atoms with Crippen molar-refractivity contribution < 1.29 is 9.90 Å². The number of benzene rings is 1. The summed E-state index contributed by atoms with van der Waals surface area (Å²) in [5.74, 6) is -0.926. The maximum absolute atomic E-state index is 11.3. The number of rotatable bonds is 3. The van der Waals surface area contributed by atoms with Crippen LogP contribution < -0.4 is 4.90 Å². The fraction of sp³-hybridized carbons (Fsp3) is 0.500. The van der Waals surface area contributed by atoms with Gasteiger partial charge in [0.25, 0.3) is 0 Å². The average Bonchev–Trinajstić information content (AvgIpc) is 2.39. The highest BCUT2D eigenvalue weighted by atomic mass is 35.5. The van der Waals surface area contributed by atoms with E-state index in [2.05, 4.69) is 23.8 Å². The first kappa shape index (κ1) is 14.2. The van der Waals surface area contributed by atoms with Crippen molar-refractivity contribution >= 4 is 23.3 Å². The Balaban J connectivity index is 2.29. The van der Waals surface area contributed by atoms with Crippen molar-refractivity contribution in [3.05, 3.63) is 28.8 Å².